The Hall–Kier alpha value is -4.53. The van der Waals surface area contributed by atoms with E-state index in [4.69, 9.17) is 9.47 Å². The highest BCUT2D eigenvalue weighted by Crippen LogP contribution is 2.41. The smallest absolute Gasteiger partial charge is 0.271 e. The van der Waals surface area contributed by atoms with Crippen LogP contribution in [0.4, 0.5) is 17.1 Å². The number of nitro benzene ring substituents is 1. The average Bonchev–Trinajstić information content (AvgIpc) is 3.41. The number of hydrogen-bond acceptors (Lipinski definition) is 8. The Kier molecular flexibility index (Phi) is 4.61. The van der Waals surface area contributed by atoms with Gasteiger partial charge in [-0.3, -0.25) is 14.9 Å². The van der Waals surface area contributed by atoms with E-state index < -0.39 is 11.0 Å². The molecule has 0 fully saturated rings. The van der Waals surface area contributed by atoms with Crippen LogP contribution >= 0.6 is 0 Å². The third-order valence-electron chi connectivity index (χ3n) is 6.25. The van der Waals surface area contributed by atoms with Gasteiger partial charge in [0.05, 0.1) is 22.3 Å². The third-order valence-corrected chi connectivity index (χ3v) is 6.25. The van der Waals surface area contributed by atoms with E-state index >= 15 is 0 Å². The zero-order valence-electron chi connectivity index (χ0n) is 17.9. The number of Topliss-reactive ketones (excluding diaryl/α,β-unsaturated/α-hetero) is 1. The van der Waals surface area contributed by atoms with Crippen molar-refractivity contribution in [2.45, 2.75) is 12.1 Å². The van der Waals surface area contributed by atoms with Gasteiger partial charge < -0.3 is 25.4 Å². The minimum atomic E-state index is -0.796. The second kappa shape index (κ2) is 7.80. The molecule has 0 amide bonds. The second-order valence-electron chi connectivity index (χ2n) is 8.37. The Labute approximate surface area is 194 Å². The van der Waals surface area contributed by atoms with Gasteiger partial charge in [0.15, 0.2) is 6.10 Å². The molecule has 3 N–H and O–H groups in total. The van der Waals surface area contributed by atoms with Crippen LogP contribution in [0.1, 0.15) is 0 Å². The average molecular weight is 456 g/mol. The molecule has 0 saturated heterocycles. The highest BCUT2D eigenvalue weighted by Gasteiger charge is 2.45. The molecule has 2 aromatic rings. The van der Waals surface area contributed by atoms with Gasteiger partial charge >= 0.3 is 0 Å². The number of non-ortho nitro benzene ring substituents is 1. The summed E-state index contributed by atoms with van der Waals surface area (Å²) in [6.07, 6.45) is 7.25. The fourth-order valence-corrected chi connectivity index (χ4v) is 4.54. The third kappa shape index (κ3) is 3.38. The predicted molar refractivity (Wildman–Crippen MR) is 125 cm³/mol. The van der Waals surface area contributed by atoms with Crippen molar-refractivity contribution in [1.29, 1.82) is 0 Å². The molecule has 6 rings (SSSR count). The van der Waals surface area contributed by atoms with Crippen molar-refractivity contribution in [3.8, 4) is 5.75 Å². The van der Waals surface area contributed by atoms with E-state index in [1.807, 2.05) is 42.6 Å². The molecule has 0 radical (unpaired) electrons. The normalized spacial score (nSPS) is 23.9. The van der Waals surface area contributed by atoms with Crippen LogP contribution in [0.15, 0.2) is 95.7 Å². The van der Waals surface area contributed by atoms with Gasteiger partial charge in [0.25, 0.3) is 5.69 Å². The maximum atomic E-state index is 13.3. The highest BCUT2D eigenvalue weighted by atomic mass is 16.6. The number of rotatable bonds is 5. The van der Waals surface area contributed by atoms with Crippen LogP contribution in [0.25, 0.3) is 0 Å². The number of nitrogens with one attached hydrogen (secondary N) is 3. The van der Waals surface area contributed by atoms with Crippen LogP contribution in [-0.2, 0) is 9.53 Å². The van der Waals surface area contributed by atoms with Crippen molar-refractivity contribution >= 4 is 22.8 Å². The Morgan fingerprint density at radius 1 is 1.09 bits per heavy atom. The summed E-state index contributed by atoms with van der Waals surface area (Å²) in [6.45, 7) is 0.419. The number of hydrogen-bond donors (Lipinski definition) is 3. The van der Waals surface area contributed by atoms with Crippen LogP contribution in [0.5, 0.6) is 5.75 Å². The molecule has 9 nitrogen and oxygen atoms in total. The van der Waals surface area contributed by atoms with Crippen molar-refractivity contribution in [2.75, 3.05) is 17.2 Å². The number of ether oxygens (including phenoxy) is 2. The number of nitrogens with zero attached hydrogens (tertiary/aromatic N) is 1. The van der Waals surface area contributed by atoms with Gasteiger partial charge in [-0.25, -0.2) is 0 Å². The Morgan fingerprint density at radius 2 is 1.94 bits per heavy atom. The molecule has 3 aliphatic heterocycles. The number of ketones is 1. The molecule has 3 unspecified atom stereocenters. The maximum absolute atomic E-state index is 13.3. The summed E-state index contributed by atoms with van der Waals surface area (Å²) >= 11 is 0. The number of carbonyl (C=O) groups is 1. The first-order valence-electron chi connectivity index (χ1n) is 10.9. The lowest BCUT2D eigenvalue weighted by Gasteiger charge is -2.24. The summed E-state index contributed by atoms with van der Waals surface area (Å²) in [7, 11) is 0. The lowest BCUT2D eigenvalue weighted by molar-refractivity contribution is -0.384. The summed E-state index contributed by atoms with van der Waals surface area (Å²) in [6, 6.07) is 14.0. The summed E-state index contributed by atoms with van der Waals surface area (Å²) in [5, 5.41) is 20.5. The van der Waals surface area contributed by atoms with E-state index in [0.717, 1.165) is 16.9 Å². The van der Waals surface area contributed by atoms with Gasteiger partial charge in [-0.05, 0) is 23.8 Å². The zero-order valence-corrected chi connectivity index (χ0v) is 17.9. The summed E-state index contributed by atoms with van der Waals surface area (Å²) in [5.41, 5.74) is 3.17. The number of benzene rings is 2. The van der Waals surface area contributed by atoms with Gasteiger partial charge in [-0.2, -0.15) is 0 Å². The second-order valence-corrected chi connectivity index (χ2v) is 8.37. The molecular weight excluding hydrogens is 436 g/mol. The summed E-state index contributed by atoms with van der Waals surface area (Å²) < 4.78 is 11.9. The van der Waals surface area contributed by atoms with Crippen molar-refractivity contribution in [1.82, 2.24) is 5.32 Å². The Morgan fingerprint density at radius 3 is 2.76 bits per heavy atom. The molecule has 0 aromatic heterocycles. The molecule has 4 aliphatic rings. The van der Waals surface area contributed by atoms with Crippen LogP contribution in [0.2, 0.25) is 0 Å². The zero-order chi connectivity index (χ0) is 23.2. The van der Waals surface area contributed by atoms with Gasteiger partial charge in [0, 0.05) is 29.8 Å². The lowest BCUT2D eigenvalue weighted by Crippen LogP contribution is -2.31. The van der Waals surface area contributed by atoms with Crippen LogP contribution in [0, 0.1) is 16.0 Å². The van der Waals surface area contributed by atoms with E-state index in [9.17, 15) is 14.9 Å². The SMILES string of the molecule is O=C1C2=C(Nc3cc([N+](=O)[O-])ccc3N2)OC1C1=CNC2C=CC(COc3ccccc3)=CC12. The Bertz CT molecular complexity index is 1330. The molecule has 3 heterocycles. The highest BCUT2D eigenvalue weighted by molar-refractivity contribution is 6.07. The molecule has 0 bridgehead atoms. The van der Waals surface area contributed by atoms with Gasteiger partial charge in [0.1, 0.15) is 18.1 Å². The fourth-order valence-electron chi connectivity index (χ4n) is 4.54. The van der Waals surface area contributed by atoms with Crippen molar-refractivity contribution in [3.05, 3.63) is 106 Å². The molecule has 1 aliphatic carbocycles. The summed E-state index contributed by atoms with van der Waals surface area (Å²) in [5.74, 6) is 0.820. The number of para-hydroxylation sites is 1. The molecule has 34 heavy (non-hydrogen) atoms. The van der Waals surface area contributed by atoms with Crippen LogP contribution < -0.4 is 20.7 Å². The maximum Gasteiger partial charge on any atom is 0.271 e. The fraction of sp³-hybridized carbons (Fsp3) is 0.160. The van der Waals surface area contributed by atoms with Crippen LogP contribution in [-0.4, -0.2) is 29.5 Å². The number of anilines is 2. The lowest BCUT2D eigenvalue weighted by atomic mass is 9.85. The number of fused-ring (bicyclic) bond motifs is 2. The van der Waals surface area contributed by atoms with Gasteiger partial charge in [-0.15, -0.1) is 0 Å². The standard InChI is InChI=1S/C25H20N4O5/c30-23-22-25(28-21-11-15(29(31)32)7-9-20(21)27-22)34-24(23)18-12-26-19-8-6-14(10-17(18)19)13-33-16-4-2-1-3-5-16/h1-12,17,19,24,26-28H,13H2. The van der Waals surface area contributed by atoms with E-state index in [2.05, 4.69) is 28.1 Å². The molecule has 2 aromatic carbocycles. The van der Waals surface area contributed by atoms with Gasteiger partial charge in [-0.1, -0.05) is 36.4 Å². The van der Waals surface area contributed by atoms with E-state index in [1.165, 1.54) is 12.1 Å². The summed E-state index contributed by atoms with van der Waals surface area (Å²) in [4.78, 5) is 23.9. The van der Waals surface area contributed by atoms with Crippen LogP contribution in [0.3, 0.4) is 0 Å². The minimum Gasteiger partial charge on any atom is -0.489 e. The quantitative estimate of drug-likeness (QED) is 0.462. The molecule has 0 spiro atoms. The van der Waals surface area contributed by atoms with Crippen molar-refractivity contribution in [2.24, 2.45) is 5.92 Å². The molecular formula is C25H20N4O5. The number of nitro groups is 1. The van der Waals surface area contributed by atoms with E-state index in [1.54, 1.807) is 6.07 Å². The topological polar surface area (TPSA) is 115 Å². The molecule has 3 atom stereocenters. The largest absolute Gasteiger partial charge is 0.489 e. The van der Waals surface area contributed by atoms with Gasteiger partial charge in [0.2, 0.25) is 11.7 Å². The van der Waals surface area contributed by atoms with E-state index in [0.29, 0.717) is 23.7 Å². The van der Waals surface area contributed by atoms with Crippen molar-refractivity contribution < 1.29 is 19.2 Å². The number of carbonyl (C=O) groups excluding carboxylic acids is 1. The minimum absolute atomic E-state index is 0.0327. The first kappa shape index (κ1) is 20.1. The molecule has 0 saturated carbocycles. The monoisotopic (exact) mass is 456 g/mol. The van der Waals surface area contributed by atoms with Crippen molar-refractivity contribution in [3.63, 3.8) is 0 Å². The Balaban J connectivity index is 1.19. The predicted octanol–water partition coefficient (Wildman–Crippen LogP) is 3.62. The first-order chi connectivity index (χ1) is 16.6. The first-order valence-corrected chi connectivity index (χ1v) is 10.9. The molecule has 9 heteroatoms. The molecule has 170 valence electrons. The van der Waals surface area contributed by atoms with E-state index in [-0.39, 0.29) is 29.3 Å².